The van der Waals surface area contributed by atoms with Crippen LogP contribution in [0.5, 0.6) is 0 Å². The third kappa shape index (κ3) is 12.2. The van der Waals surface area contributed by atoms with E-state index >= 15 is 0 Å². The molecule has 3 nitrogen and oxygen atoms in total. The fourth-order valence-corrected chi connectivity index (χ4v) is 5.15. The van der Waals surface area contributed by atoms with Gasteiger partial charge in [0.25, 0.3) is 0 Å². The SMILES string of the molecule is CCCCCCC(C)C(C)O[SiH2]CC(C)(CN(C)C)CN(C)C. The van der Waals surface area contributed by atoms with Crippen LogP contribution < -0.4 is 0 Å². The highest BCUT2D eigenvalue weighted by molar-refractivity contribution is 6.27. The Labute approximate surface area is 149 Å². The lowest BCUT2D eigenvalue weighted by molar-refractivity contribution is 0.143. The van der Waals surface area contributed by atoms with Crippen molar-refractivity contribution >= 4 is 9.76 Å². The van der Waals surface area contributed by atoms with Gasteiger partial charge in [0, 0.05) is 19.2 Å². The van der Waals surface area contributed by atoms with Gasteiger partial charge in [-0.05, 0) is 58.9 Å². The molecule has 0 rings (SSSR count). The van der Waals surface area contributed by atoms with E-state index in [1.165, 1.54) is 38.1 Å². The van der Waals surface area contributed by atoms with Gasteiger partial charge in [-0.1, -0.05) is 46.5 Å². The lowest BCUT2D eigenvalue weighted by atomic mass is 9.92. The Morgan fingerprint density at radius 1 is 0.957 bits per heavy atom. The maximum atomic E-state index is 6.32. The van der Waals surface area contributed by atoms with Crippen LogP contribution in [-0.2, 0) is 4.43 Å². The Morgan fingerprint density at radius 2 is 1.52 bits per heavy atom. The van der Waals surface area contributed by atoms with Crippen LogP contribution in [0.4, 0.5) is 0 Å². The summed E-state index contributed by atoms with van der Waals surface area (Å²) in [5, 5.41) is 0. The van der Waals surface area contributed by atoms with E-state index in [2.05, 4.69) is 65.7 Å². The predicted molar refractivity (Wildman–Crippen MR) is 107 cm³/mol. The minimum Gasteiger partial charge on any atom is -0.421 e. The first-order chi connectivity index (χ1) is 10.7. The Kier molecular flexibility index (Phi) is 12.5. The molecule has 4 heteroatoms. The topological polar surface area (TPSA) is 15.7 Å². The molecule has 0 N–H and O–H groups in total. The van der Waals surface area contributed by atoms with Gasteiger partial charge in [0.05, 0.1) is 0 Å². The summed E-state index contributed by atoms with van der Waals surface area (Å²) in [6.07, 6.45) is 7.21. The molecule has 140 valence electrons. The molecule has 2 unspecified atom stereocenters. The Balaban J connectivity index is 4.15. The fraction of sp³-hybridized carbons (Fsp3) is 1.00. The summed E-state index contributed by atoms with van der Waals surface area (Å²) in [4.78, 5) is 4.63. The summed E-state index contributed by atoms with van der Waals surface area (Å²) >= 11 is 0. The molecule has 0 radical (unpaired) electrons. The summed E-state index contributed by atoms with van der Waals surface area (Å²) in [7, 11) is 8.26. The van der Waals surface area contributed by atoms with Crippen LogP contribution in [0.3, 0.4) is 0 Å². The van der Waals surface area contributed by atoms with Gasteiger partial charge in [-0.3, -0.25) is 0 Å². The van der Waals surface area contributed by atoms with Crippen molar-refractivity contribution in [3.8, 4) is 0 Å². The number of hydrogen-bond acceptors (Lipinski definition) is 3. The molecule has 0 bridgehead atoms. The van der Waals surface area contributed by atoms with Crippen molar-refractivity contribution in [1.29, 1.82) is 0 Å². The van der Waals surface area contributed by atoms with Crippen molar-refractivity contribution in [3.05, 3.63) is 0 Å². The molecule has 0 aromatic heterocycles. The van der Waals surface area contributed by atoms with Crippen molar-refractivity contribution in [3.63, 3.8) is 0 Å². The number of nitrogens with zero attached hydrogens (tertiary/aromatic N) is 2. The van der Waals surface area contributed by atoms with Crippen molar-refractivity contribution < 1.29 is 4.43 Å². The molecule has 0 aliphatic carbocycles. The molecule has 0 amide bonds. The van der Waals surface area contributed by atoms with Crippen molar-refractivity contribution in [2.75, 3.05) is 41.3 Å². The molecular weight excluding hydrogens is 300 g/mol. The minimum absolute atomic E-state index is 0.351. The fourth-order valence-electron chi connectivity index (χ4n) is 3.52. The Morgan fingerprint density at radius 3 is 2.00 bits per heavy atom. The zero-order chi connectivity index (χ0) is 17.9. The van der Waals surface area contributed by atoms with Crippen LogP contribution in [0, 0.1) is 11.3 Å². The highest BCUT2D eigenvalue weighted by atomic mass is 28.2. The van der Waals surface area contributed by atoms with E-state index in [9.17, 15) is 0 Å². The molecule has 0 fully saturated rings. The van der Waals surface area contributed by atoms with Crippen LogP contribution in [-0.4, -0.2) is 66.9 Å². The Bertz CT molecular complexity index is 275. The summed E-state index contributed by atoms with van der Waals surface area (Å²) in [5.74, 6) is 0.702. The highest BCUT2D eigenvalue weighted by Gasteiger charge is 2.26. The van der Waals surface area contributed by atoms with E-state index < -0.39 is 9.76 Å². The molecule has 23 heavy (non-hydrogen) atoms. The monoisotopic (exact) mass is 344 g/mol. The first-order valence-corrected chi connectivity index (χ1v) is 11.2. The van der Waals surface area contributed by atoms with E-state index in [-0.39, 0.29) is 0 Å². The zero-order valence-corrected chi connectivity index (χ0v) is 18.7. The second kappa shape index (κ2) is 12.5. The lowest BCUT2D eigenvalue weighted by Gasteiger charge is -2.35. The zero-order valence-electron chi connectivity index (χ0n) is 17.3. The largest absolute Gasteiger partial charge is 0.421 e. The quantitative estimate of drug-likeness (QED) is 0.353. The van der Waals surface area contributed by atoms with Gasteiger partial charge in [-0.25, -0.2) is 0 Å². The molecule has 0 saturated carbocycles. The average Bonchev–Trinajstić information content (AvgIpc) is 2.41. The smallest absolute Gasteiger partial charge is 0.162 e. The molecule has 0 heterocycles. The van der Waals surface area contributed by atoms with Crippen molar-refractivity contribution in [2.45, 2.75) is 71.9 Å². The van der Waals surface area contributed by atoms with Gasteiger partial charge in [-0.15, -0.1) is 0 Å². The van der Waals surface area contributed by atoms with Crippen molar-refractivity contribution in [1.82, 2.24) is 9.80 Å². The summed E-state index contributed by atoms with van der Waals surface area (Å²) in [6.45, 7) is 11.6. The molecule has 0 aromatic rings. The van der Waals surface area contributed by atoms with Crippen LogP contribution >= 0.6 is 0 Å². The molecule has 0 aliphatic rings. The van der Waals surface area contributed by atoms with Gasteiger partial charge in [0.15, 0.2) is 9.76 Å². The second-order valence-corrected chi connectivity index (χ2v) is 9.68. The summed E-state index contributed by atoms with van der Waals surface area (Å²) in [6, 6.07) is 1.26. The molecule has 0 spiro atoms. The van der Waals surface area contributed by atoms with Crippen LogP contribution in [0.25, 0.3) is 0 Å². The van der Waals surface area contributed by atoms with E-state index in [1.807, 2.05) is 0 Å². The summed E-state index contributed by atoms with van der Waals surface area (Å²) < 4.78 is 6.32. The standard InChI is InChI=1S/C19H44N2OSi/c1-9-10-11-12-13-17(2)18(3)22-23-16-19(4,14-20(5)6)15-21(7)8/h17-18H,9-16,23H2,1-8H3. The van der Waals surface area contributed by atoms with Crippen molar-refractivity contribution in [2.24, 2.45) is 11.3 Å². The second-order valence-electron chi connectivity index (χ2n) is 8.44. The van der Waals surface area contributed by atoms with E-state index in [0.29, 0.717) is 17.4 Å². The maximum Gasteiger partial charge on any atom is 0.162 e. The number of rotatable bonds is 14. The predicted octanol–water partition coefficient (Wildman–Crippen LogP) is 3.63. The molecule has 2 atom stereocenters. The molecular formula is C19H44N2OSi. The number of unbranched alkanes of at least 4 members (excludes halogenated alkanes) is 3. The number of hydrogen-bond donors (Lipinski definition) is 0. The van der Waals surface area contributed by atoms with Gasteiger partial charge in [0.2, 0.25) is 0 Å². The van der Waals surface area contributed by atoms with Crippen LogP contribution in [0.15, 0.2) is 0 Å². The Hall–Kier alpha value is 0.0969. The van der Waals surface area contributed by atoms with E-state index in [4.69, 9.17) is 4.43 Å². The van der Waals surface area contributed by atoms with E-state index in [1.54, 1.807) is 0 Å². The third-order valence-corrected chi connectivity index (χ3v) is 6.97. The van der Waals surface area contributed by atoms with Gasteiger partial charge in [-0.2, -0.15) is 0 Å². The highest BCUT2D eigenvalue weighted by Crippen LogP contribution is 2.24. The molecule has 0 aliphatic heterocycles. The first-order valence-electron chi connectivity index (χ1n) is 9.61. The first kappa shape index (κ1) is 23.1. The van der Waals surface area contributed by atoms with Crippen LogP contribution in [0.2, 0.25) is 6.04 Å². The van der Waals surface area contributed by atoms with Gasteiger partial charge >= 0.3 is 0 Å². The minimum atomic E-state index is -0.455. The maximum absolute atomic E-state index is 6.32. The third-order valence-electron chi connectivity index (χ3n) is 4.80. The van der Waals surface area contributed by atoms with Crippen LogP contribution in [0.1, 0.15) is 59.8 Å². The van der Waals surface area contributed by atoms with E-state index in [0.717, 1.165) is 13.1 Å². The normalized spacial score (nSPS) is 15.9. The van der Waals surface area contributed by atoms with Gasteiger partial charge in [0.1, 0.15) is 0 Å². The van der Waals surface area contributed by atoms with Gasteiger partial charge < -0.3 is 14.2 Å². The lowest BCUT2D eigenvalue weighted by Crippen LogP contribution is -2.40. The molecule has 0 saturated heterocycles. The molecule has 0 aromatic carbocycles. The summed E-state index contributed by atoms with van der Waals surface area (Å²) in [5.41, 5.74) is 0.351. The average molecular weight is 345 g/mol.